The first-order valence-electron chi connectivity index (χ1n) is 4.75. The summed E-state index contributed by atoms with van der Waals surface area (Å²) in [7, 11) is -2.55. The Kier molecular flexibility index (Phi) is 4.69. The van der Waals surface area contributed by atoms with Crippen LogP contribution >= 0.6 is 7.60 Å². The number of hydrogen-bond acceptors (Lipinski definition) is 5. The topological polar surface area (TPSA) is 122 Å². The molecule has 0 aromatic heterocycles. The summed E-state index contributed by atoms with van der Waals surface area (Å²) in [6.45, 7) is -0.0512. The fraction of sp³-hybridized carbons (Fsp3) is 0.714. The van der Waals surface area contributed by atoms with Crippen molar-refractivity contribution in [3.05, 3.63) is 11.9 Å². The lowest BCUT2D eigenvalue weighted by Gasteiger charge is -2.16. The Morgan fingerprint density at radius 1 is 1.56 bits per heavy atom. The predicted octanol–water partition coefficient (Wildman–Crippen LogP) is -2.30. The first kappa shape index (κ1) is 13.9. The van der Waals surface area contributed by atoms with E-state index in [1.807, 2.05) is 0 Å². The fourth-order valence-corrected chi connectivity index (χ4v) is 1.97. The van der Waals surface area contributed by atoms with Crippen LogP contribution in [-0.4, -0.2) is 53.8 Å². The lowest BCUT2D eigenvalue weighted by molar-refractivity contribution is -0.0166. The SMILES string of the molecule is B[C@@H]1O[C@H](/C=C/P(=O)(O)O)[C@H](O)C1OCN. The van der Waals surface area contributed by atoms with Gasteiger partial charge in [-0.15, -0.1) is 0 Å². The van der Waals surface area contributed by atoms with Gasteiger partial charge in [0.2, 0.25) is 0 Å². The lowest BCUT2D eigenvalue weighted by atomic mass is 9.93. The molecular weight excluding hydrogens is 236 g/mol. The Bertz CT molecular complexity index is 307. The highest BCUT2D eigenvalue weighted by molar-refractivity contribution is 7.55. The Morgan fingerprint density at radius 2 is 2.19 bits per heavy atom. The van der Waals surface area contributed by atoms with E-state index in [0.717, 1.165) is 6.08 Å². The van der Waals surface area contributed by atoms with E-state index in [4.69, 9.17) is 25.0 Å². The van der Waals surface area contributed by atoms with E-state index < -0.39 is 25.9 Å². The van der Waals surface area contributed by atoms with Gasteiger partial charge in [0, 0.05) is 5.82 Å². The van der Waals surface area contributed by atoms with Crippen molar-refractivity contribution in [1.82, 2.24) is 0 Å². The molecule has 0 saturated carbocycles. The van der Waals surface area contributed by atoms with Crippen molar-refractivity contribution < 1.29 is 28.9 Å². The third-order valence-electron chi connectivity index (χ3n) is 2.27. The molecule has 0 bridgehead atoms. The molecule has 1 unspecified atom stereocenters. The molecule has 1 saturated heterocycles. The molecule has 0 aromatic rings. The van der Waals surface area contributed by atoms with Gasteiger partial charge in [-0.3, -0.25) is 4.57 Å². The smallest absolute Gasteiger partial charge is 0.348 e. The summed E-state index contributed by atoms with van der Waals surface area (Å²) in [6.07, 6.45) is -1.22. The second-order valence-electron chi connectivity index (χ2n) is 3.52. The first-order chi connectivity index (χ1) is 7.35. The molecule has 0 spiro atoms. The number of rotatable bonds is 4. The molecule has 0 aromatic carbocycles. The molecule has 1 rings (SSSR count). The molecule has 1 aliphatic heterocycles. The largest absolute Gasteiger partial charge is 0.387 e. The first-order valence-corrected chi connectivity index (χ1v) is 6.43. The summed E-state index contributed by atoms with van der Waals surface area (Å²) in [5, 5.41) is 9.74. The minimum absolute atomic E-state index is 0.0512. The molecule has 7 nitrogen and oxygen atoms in total. The van der Waals surface area contributed by atoms with Gasteiger partial charge in [0.25, 0.3) is 0 Å². The molecule has 5 N–H and O–H groups in total. The molecule has 1 heterocycles. The van der Waals surface area contributed by atoms with Gasteiger partial charge in [-0.2, -0.15) is 0 Å². The maximum atomic E-state index is 10.6. The molecule has 4 atom stereocenters. The van der Waals surface area contributed by atoms with Crippen molar-refractivity contribution >= 4 is 15.4 Å². The highest BCUT2D eigenvalue weighted by Gasteiger charge is 2.40. The van der Waals surface area contributed by atoms with Crippen LogP contribution < -0.4 is 5.73 Å². The van der Waals surface area contributed by atoms with Crippen LogP contribution in [0.5, 0.6) is 0 Å². The average Bonchev–Trinajstić information content (AvgIpc) is 2.42. The van der Waals surface area contributed by atoms with Crippen molar-refractivity contribution in [3.8, 4) is 0 Å². The molecule has 1 aliphatic rings. The Balaban J connectivity index is 2.65. The van der Waals surface area contributed by atoms with E-state index in [1.54, 1.807) is 7.85 Å². The number of hydrogen-bond donors (Lipinski definition) is 4. The van der Waals surface area contributed by atoms with E-state index >= 15 is 0 Å². The van der Waals surface area contributed by atoms with Gasteiger partial charge < -0.3 is 30.1 Å². The van der Waals surface area contributed by atoms with E-state index in [0.29, 0.717) is 5.82 Å². The Hall–Kier alpha value is -0.205. The average molecular weight is 251 g/mol. The van der Waals surface area contributed by atoms with E-state index in [-0.39, 0.29) is 12.7 Å². The quantitative estimate of drug-likeness (QED) is 0.251. The van der Waals surface area contributed by atoms with Crippen molar-refractivity contribution in [1.29, 1.82) is 0 Å². The van der Waals surface area contributed by atoms with Crippen LogP contribution in [0.3, 0.4) is 0 Å². The maximum Gasteiger partial charge on any atom is 0.348 e. The lowest BCUT2D eigenvalue weighted by Crippen LogP contribution is -2.36. The minimum Gasteiger partial charge on any atom is -0.387 e. The van der Waals surface area contributed by atoms with Crippen LogP contribution in [0, 0.1) is 0 Å². The number of nitrogens with two attached hydrogens (primary N) is 1. The van der Waals surface area contributed by atoms with Crippen LogP contribution in [0.2, 0.25) is 0 Å². The van der Waals surface area contributed by atoms with Gasteiger partial charge in [-0.25, -0.2) is 0 Å². The predicted molar refractivity (Wildman–Crippen MR) is 58.3 cm³/mol. The van der Waals surface area contributed by atoms with Crippen molar-refractivity contribution in [2.45, 2.75) is 24.3 Å². The van der Waals surface area contributed by atoms with Crippen molar-refractivity contribution in [2.24, 2.45) is 5.73 Å². The summed E-state index contributed by atoms with van der Waals surface area (Å²) >= 11 is 0. The zero-order valence-corrected chi connectivity index (χ0v) is 9.66. The standard InChI is InChI=1S/C7H15BNO6P/c8-7-6(14-3-9)5(10)4(15-7)1-2-16(11,12)13/h1-2,4-7,10H,3,8-9H2,(H2,11,12,13)/b2-1+/t4-,5+,6?,7-/m1/s1. The van der Waals surface area contributed by atoms with E-state index in [9.17, 15) is 9.67 Å². The Labute approximate surface area is 93.8 Å². The van der Waals surface area contributed by atoms with E-state index in [2.05, 4.69) is 0 Å². The molecular formula is C7H15BNO6P. The second-order valence-corrected chi connectivity index (χ2v) is 5.00. The summed E-state index contributed by atoms with van der Waals surface area (Å²) in [6, 6.07) is -0.384. The number of aliphatic hydroxyl groups is 1. The highest BCUT2D eigenvalue weighted by atomic mass is 31.2. The maximum absolute atomic E-state index is 10.6. The van der Waals surface area contributed by atoms with Gasteiger partial charge in [0.05, 0.1) is 12.7 Å². The molecule has 1 fully saturated rings. The highest BCUT2D eigenvalue weighted by Crippen LogP contribution is 2.37. The molecule has 0 amide bonds. The third kappa shape index (κ3) is 3.67. The molecule has 9 heteroatoms. The Morgan fingerprint density at radius 3 is 2.69 bits per heavy atom. The van der Waals surface area contributed by atoms with E-state index in [1.165, 1.54) is 0 Å². The van der Waals surface area contributed by atoms with Crippen LogP contribution in [0.25, 0.3) is 0 Å². The molecule has 0 radical (unpaired) electrons. The normalized spacial score (nSPS) is 36.0. The van der Waals surface area contributed by atoms with Crippen LogP contribution in [0.4, 0.5) is 0 Å². The summed E-state index contributed by atoms with van der Waals surface area (Å²) in [5.41, 5.74) is 5.19. The molecule has 16 heavy (non-hydrogen) atoms. The van der Waals surface area contributed by atoms with Crippen molar-refractivity contribution in [3.63, 3.8) is 0 Å². The second kappa shape index (κ2) is 5.42. The summed E-state index contributed by atoms with van der Waals surface area (Å²) < 4.78 is 20.9. The summed E-state index contributed by atoms with van der Waals surface area (Å²) in [4.78, 5) is 17.3. The zero-order chi connectivity index (χ0) is 12.3. The van der Waals surface area contributed by atoms with Crippen LogP contribution in [-0.2, 0) is 14.0 Å². The third-order valence-corrected chi connectivity index (χ3v) is 2.83. The number of ether oxygens (including phenoxy) is 2. The van der Waals surface area contributed by atoms with Crippen molar-refractivity contribution in [2.75, 3.05) is 6.73 Å². The van der Waals surface area contributed by atoms with Gasteiger partial charge in [0.15, 0.2) is 0 Å². The van der Waals surface area contributed by atoms with Crippen LogP contribution in [0.1, 0.15) is 0 Å². The van der Waals surface area contributed by atoms with Gasteiger partial charge in [-0.05, 0) is 6.08 Å². The molecule has 92 valence electrons. The number of aliphatic hydroxyl groups excluding tert-OH is 1. The fourth-order valence-electron chi connectivity index (χ4n) is 1.57. The van der Waals surface area contributed by atoms with Gasteiger partial charge >= 0.3 is 7.60 Å². The summed E-state index contributed by atoms with van der Waals surface area (Å²) in [5.74, 6) is 0.707. The minimum atomic E-state index is -4.24. The monoisotopic (exact) mass is 251 g/mol. The zero-order valence-electron chi connectivity index (χ0n) is 8.76. The van der Waals surface area contributed by atoms with Gasteiger partial charge in [0.1, 0.15) is 26.2 Å². The molecule has 0 aliphatic carbocycles. The van der Waals surface area contributed by atoms with Crippen LogP contribution in [0.15, 0.2) is 11.9 Å². The van der Waals surface area contributed by atoms with Gasteiger partial charge in [-0.1, -0.05) is 0 Å².